The quantitative estimate of drug-likeness (QED) is 0.504. The van der Waals surface area contributed by atoms with E-state index in [-0.39, 0.29) is 0 Å². The maximum Gasteiger partial charge on any atom is 0.161 e. The molecule has 0 unspecified atom stereocenters. The fraction of sp³-hybridized carbons (Fsp3) is 0.0909. The third kappa shape index (κ3) is 3.02. The van der Waals surface area contributed by atoms with Crippen LogP contribution in [0.3, 0.4) is 0 Å². The SMILES string of the molecule is Cc1ccc(-c2ccnn2C)cc1Nc1ncnn2c(-c3ccccc3)ncc12. The minimum Gasteiger partial charge on any atom is -0.338 e. The molecule has 0 atom stereocenters. The smallest absolute Gasteiger partial charge is 0.161 e. The molecule has 0 saturated carbocycles. The lowest BCUT2D eigenvalue weighted by molar-refractivity contribution is 0.776. The van der Waals surface area contributed by atoms with Crippen molar-refractivity contribution in [3.63, 3.8) is 0 Å². The number of imidazole rings is 1. The van der Waals surface area contributed by atoms with E-state index in [0.717, 1.165) is 39.4 Å². The second kappa shape index (κ2) is 6.87. The van der Waals surface area contributed by atoms with Gasteiger partial charge in [0.05, 0.1) is 11.9 Å². The van der Waals surface area contributed by atoms with Gasteiger partial charge in [0.2, 0.25) is 0 Å². The van der Waals surface area contributed by atoms with Gasteiger partial charge in [-0.05, 0) is 24.6 Å². The van der Waals surface area contributed by atoms with E-state index >= 15 is 0 Å². The molecule has 7 nitrogen and oxygen atoms in total. The van der Waals surface area contributed by atoms with Gasteiger partial charge in [0.15, 0.2) is 11.6 Å². The van der Waals surface area contributed by atoms with Crippen molar-refractivity contribution in [2.75, 3.05) is 5.32 Å². The molecule has 0 fully saturated rings. The van der Waals surface area contributed by atoms with Gasteiger partial charge in [-0.2, -0.15) is 10.2 Å². The Bertz CT molecular complexity index is 1300. The Hall–Kier alpha value is -4.00. The second-order valence-electron chi connectivity index (χ2n) is 6.85. The van der Waals surface area contributed by atoms with Crippen LogP contribution in [-0.2, 0) is 7.05 Å². The zero-order valence-electron chi connectivity index (χ0n) is 16.1. The topological polar surface area (TPSA) is 72.9 Å². The molecule has 0 amide bonds. The van der Waals surface area contributed by atoms with Crippen LogP contribution in [0.4, 0.5) is 11.5 Å². The summed E-state index contributed by atoms with van der Waals surface area (Å²) in [6.07, 6.45) is 5.14. The molecule has 1 N–H and O–H groups in total. The fourth-order valence-electron chi connectivity index (χ4n) is 3.41. The van der Waals surface area contributed by atoms with Crippen molar-refractivity contribution in [3.05, 3.63) is 78.9 Å². The van der Waals surface area contributed by atoms with Crippen LogP contribution in [0.15, 0.2) is 73.3 Å². The molecule has 2 aromatic carbocycles. The summed E-state index contributed by atoms with van der Waals surface area (Å²) in [5.41, 5.74) is 6.06. The lowest BCUT2D eigenvalue weighted by Gasteiger charge is -2.12. The van der Waals surface area contributed by atoms with Crippen molar-refractivity contribution in [2.24, 2.45) is 7.05 Å². The summed E-state index contributed by atoms with van der Waals surface area (Å²) in [4.78, 5) is 9.03. The lowest BCUT2D eigenvalue weighted by atomic mass is 10.1. The zero-order valence-corrected chi connectivity index (χ0v) is 16.1. The minimum absolute atomic E-state index is 0.708. The molecule has 3 heterocycles. The summed E-state index contributed by atoms with van der Waals surface area (Å²) >= 11 is 0. The Labute approximate surface area is 167 Å². The maximum atomic E-state index is 4.57. The monoisotopic (exact) mass is 381 g/mol. The summed E-state index contributed by atoms with van der Waals surface area (Å²) in [6, 6.07) is 18.3. The highest BCUT2D eigenvalue weighted by atomic mass is 15.3. The third-order valence-corrected chi connectivity index (χ3v) is 4.97. The Kier molecular flexibility index (Phi) is 4.05. The third-order valence-electron chi connectivity index (χ3n) is 4.97. The van der Waals surface area contributed by atoms with Crippen LogP contribution < -0.4 is 5.32 Å². The van der Waals surface area contributed by atoms with Crippen LogP contribution in [0, 0.1) is 6.92 Å². The number of anilines is 2. The molecule has 0 aliphatic rings. The van der Waals surface area contributed by atoms with E-state index in [2.05, 4.69) is 50.6 Å². The van der Waals surface area contributed by atoms with Gasteiger partial charge in [0.25, 0.3) is 0 Å². The van der Waals surface area contributed by atoms with Crippen molar-refractivity contribution in [3.8, 4) is 22.6 Å². The van der Waals surface area contributed by atoms with Crippen LogP contribution in [0.1, 0.15) is 5.56 Å². The Morgan fingerprint density at radius 1 is 0.897 bits per heavy atom. The molecule has 0 spiro atoms. The first-order valence-electron chi connectivity index (χ1n) is 9.31. The highest BCUT2D eigenvalue weighted by Gasteiger charge is 2.13. The van der Waals surface area contributed by atoms with Gasteiger partial charge in [-0.15, -0.1) is 0 Å². The molecule has 0 radical (unpaired) electrons. The number of nitrogens with zero attached hydrogens (tertiary/aromatic N) is 6. The average molecular weight is 381 g/mol. The van der Waals surface area contributed by atoms with Gasteiger partial charge in [0, 0.05) is 30.1 Å². The van der Waals surface area contributed by atoms with E-state index in [9.17, 15) is 0 Å². The first-order chi connectivity index (χ1) is 14.2. The molecule has 0 bridgehead atoms. The molecule has 142 valence electrons. The second-order valence-corrected chi connectivity index (χ2v) is 6.85. The molecule has 5 aromatic rings. The number of nitrogens with one attached hydrogen (secondary N) is 1. The van der Waals surface area contributed by atoms with Crippen molar-refractivity contribution in [1.29, 1.82) is 0 Å². The Morgan fingerprint density at radius 2 is 1.76 bits per heavy atom. The molecule has 3 aromatic heterocycles. The number of aromatic nitrogens is 6. The molecule has 7 heteroatoms. The summed E-state index contributed by atoms with van der Waals surface area (Å²) in [5, 5.41) is 12.1. The summed E-state index contributed by atoms with van der Waals surface area (Å²) in [7, 11) is 1.94. The molecular weight excluding hydrogens is 362 g/mol. The van der Waals surface area contributed by atoms with Crippen LogP contribution in [0.5, 0.6) is 0 Å². The summed E-state index contributed by atoms with van der Waals surface area (Å²) in [5.74, 6) is 1.49. The number of aryl methyl sites for hydroxylation is 2. The molecule has 0 aliphatic carbocycles. The van der Waals surface area contributed by atoms with E-state index in [0.29, 0.717) is 5.82 Å². The number of fused-ring (bicyclic) bond motifs is 1. The predicted molar refractivity (Wildman–Crippen MR) is 113 cm³/mol. The largest absolute Gasteiger partial charge is 0.338 e. The van der Waals surface area contributed by atoms with E-state index < -0.39 is 0 Å². The van der Waals surface area contributed by atoms with Crippen molar-refractivity contribution < 1.29 is 0 Å². The summed E-state index contributed by atoms with van der Waals surface area (Å²) < 4.78 is 3.67. The van der Waals surface area contributed by atoms with E-state index in [1.165, 1.54) is 0 Å². The van der Waals surface area contributed by atoms with Gasteiger partial charge in [-0.25, -0.2) is 14.5 Å². The Balaban J connectivity index is 1.56. The molecule has 0 aliphatic heterocycles. The maximum absolute atomic E-state index is 4.57. The van der Waals surface area contributed by atoms with Gasteiger partial charge >= 0.3 is 0 Å². The highest BCUT2D eigenvalue weighted by molar-refractivity contribution is 5.78. The van der Waals surface area contributed by atoms with Gasteiger partial charge < -0.3 is 5.32 Å². The van der Waals surface area contributed by atoms with E-state index in [4.69, 9.17) is 0 Å². The van der Waals surface area contributed by atoms with Crippen LogP contribution in [-0.4, -0.2) is 29.4 Å². The molecule has 5 rings (SSSR count). The number of rotatable bonds is 4. The minimum atomic E-state index is 0.708. The zero-order chi connectivity index (χ0) is 19.8. The predicted octanol–water partition coefficient (Wildman–Crippen LogP) is 4.24. The van der Waals surface area contributed by atoms with E-state index in [1.54, 1.807) is 18.7 Å². The van der Waals surface area contributed by atoms with Crippen molar-refractivity contribution in [2.45, 2.75) is 6.92 Å². The molecular formula is C22H19N7. The van der Waals surface area contributed by atoms with E-state index in [1.807, 2.05) is 52.6 Å². The van der Waals surface area contributed by atoms with Gasteiger partial charge in [-0.3, -0.25) is 4.68 Å². The highest BCUT2D eigenvalue weighted by Crippen LogP contribution is 2.29. The van der Waals surface area contributed by atoms with Crippen molar-refractivity contribution in [1.82, 2.24) is 29.4 Å². The van der Waals surface area contributed by atoms with Crippen molar-refractivity contribution >= 4 is 17.0 Å². The summed E-state index contributed by atoms with van der Waals surface area (Å²) in [6.45, 7) is 2.07. The molecule has 0 saturated heterocycles. The standard InChI is InChI=1S/C22H19N7/c1-15-8-9-17(19-10-11-25-28(19)2)12-18(15)27-21-20-13-23-22(29(20)26-14-24-21)16-6-4-3-5-7-16/h3-14H,1-2H3,(H,24,26,27). The van der Waals surface area contributed by atoms with Crippen LogP contribution in [0.25, 0.3) is 28.2 Å². The van der Waals surface area contributed by atoms with Gasteiger partial charge in [-0.1, -0.05) is 42.5 Å². The van der Waals surface area contributed by atoms with Crippen LogP contribution in [0.2, 0.25) is 0 Å². The first kappa shape index (κ1) is 17.1. The fourth-order valence-corrected chi connectivity index (χ4v) is 3.41. The molecule has 29 heavy (non-hydrogen) atoms. The Morgan fingerprint density at radius 3 is 2.55 bits per heavy atom. The normalized spacial score (nSPS) is 11.1. The first-order valence-corrected chi connectivity index (χ1v) is 9.31. The van der Waals surface area contributed by atoms with Gasteiger partial charge in [0.1, 0.15) is 11.8 Å². The number of hydrogen-bond donors (Lipinski definition) is 1. The lowest BCUT2D eigenvalue weighted by Crippen LogP contribution is -2.02. The number of benzene rings is 2. The van der Waals surface area contributed by atoms with Crippen LogP contribution >= 0.6 is 0 Å². The number of hydrogen-bond acceptors (Lipinski definition) is 5. The average Bonchev–Trinajstić information content (AvgIpc) is 3.37.